The third-order valence-corrected chi connectivity index (χ3v) is 2.56. The summed E-state index contributed by atoms with van der Waals surface area (Å²) in [5, 5.41) is 2.57. The van der Waals surface area contributed by atoms with Crippen molar-refractivity contribution in [3.63, 3.8) is 0 Å². The summed E-state index contributed by atoms with van der Waals surface area (Å²) < 4.78 is 51.0. The molecule has 0 spiro atoms. The van der Waals surface area contributed by atoms with Crippen LogP contribution in [-0.2, 0) is 0 Å². The maximum Gasteiger partial charge on any atom is 0.405 e. The van der Waals surface area contributed by atoms with Crippen molar-refractivity contribution in [1.82, 2.24) is 9.97 Å². The van der Waals surface area contributed by atoms with Crippen molar-refractivity contribution in [2.24, 2.45) is 0 Å². The van der Waals surface area contributed by atoms with E-state index in [1.54, 1.807) is 0 Å². The lowest BCUT2D eigenvalue weighted by Crippen LogP contribution is -2.37. The molecule has 100 valence electrons. The molecule has 8 heteroatoms. The Kier molecular flexibility index (Phi) is 3.27. The highest BCUT2D eigenvalue weighted by molar-refractivity contribution is 5.46. The Balaban J connectivity index is 2.30. The first-order valence-electron chi connectivity index (χ1n) is 5.44. The molecule has 1 heterocycles. The van der Waals surface area contributed by atoms with Gasteiger partial charge in [-0.2, -0.15) is 18.2 Å². The monoisotopic (exact) mass is 264 g/mol. The Morgan fingerprint density at radius 1 is 1.44 bits per heavy atom. The first-order chi connectivity index (χ1) is 8.40. The number of nitrogens with zero attached hydrogens (tertiary/aromatic N) is 3. The number of rotatable bonds is 4. The fourth-order valence-electron chi connectivity index (χ4n) is 1.64. The Morgan fingerprint density at radius 3 is 2.61 bits per heavy atom. The maximum atomic E-state index is 13.6. The van der Waals surface area contributed by atoms with E-state index in [-0.39, 0.29) is 17.8 Å². The van der Waals surface area contributed by atoms with Gasteiger partial charge in [-0.15, -0.1) is 0 Å². The van der Waals surface area contributed by atoms with Gasteiger partial charge >= 0.3 is 6.18 Å². The number of halogens is 4. The molecule has 1 aliphatic rings. The molecule has 2 rings (SSSR count). The third-order valence-electron chi connectivity index (χ3n) is 2.56. The van der Waals surface area contributed by atoms with E-state index >= 15 is 0 Å². The van der Waals surface area contributed by atoms with Gasteiger partial charge in [0.1, 0.15) is 6.54 Å². The standard InChI is InChI=1S/C10H12F4N4/c1-15-9-16-4-7(11)8(17-9)18(6-2-3-6)5-10(12,13)14/h4,6H,2-3,5H2,1H3,(H,15,16,17). The van der Waals surface area contributed by atoms with E-state index < -0.39 is 18.5 Å². The quantitative estimate of drug-likeness (QED) is 0.846. The summed E-state index contributed by atoms with van der Waals surface area (Å²) >= 11 is 0. The molecule has 0 saturated heterocycles. The molecule has 4 nitrogen and oxygen atoms in total. The van der Waals surface area contributed by atoms with Gasteiger partial charge in [0.05, 0.1) is 6.20 Å². The molecule has 0 amide bonds. The second kappa shape index (κ2) is 4.58. The van der Waals surface area contributed by atoms with E-state index in [0.717, 1.165) is 11.1 Å². The Bertz CT molecular complexity index is 430. The number of alkyl halides is 3. The molecule has 0 bridgehead atoms. The minimum atomic E-state index is -4.39. The summed E-state index contributed by atoms with van der Waals surface area (Å²) in [6.07, 6.45) is -2.28. The fourth-order valence-corrected chi connectivity index (χ4v) is 1.64. The number of hydrogen-bond donors (Lipinski definition) is 1. The van der Waals surface area contributed by atoms with Crippen LogP contribution in [-0.4, -0.2) is 35.8 Å². The van der Waals surface area contributed by atoms with Gasteiger partial charge in [-0.05, 0) is 12.8 Å². The number of hydrogen-bond acceptors (Lipinski definition) is 4. The van der Waals surface area contributed by atoms with Gasteiger partial charge in [-0.3, -0.25) is 0 Å². The Labute approximate surface area is 101 Å². The van der Waals surface area contributed by atoms with Crippen LogP contribution in [0.5, 0.6) is 0 Å². The minimum Gasteiger partial charge on any atom is -0.357 e. The fraction of sp³-hybridized carbons (Fsp3) is 0.600. The lowest BCUT2D eigenvalue weighted by atomic mass is 10.4. The van der Waals surface area contributed by atoms with Crippen molar-refractivity contribution in [2.75, 3.05) is 23.8 Å². The van der Waals surface area contributed by atoms with Crippen LogP contribution in [0, 0.1) is 5.82 Å². The van der Waals surface area contributed by atoms with E-state index in [9.17, 15) is 17.6 Å². The normalized spacial score (nSPS) is 15.6. The lowest BCUT2D eigenvalue weighted by molar-refractivity contribution is -0.120. The van der Waals surface area contributed by atoms with Crippen molar-refractivity contribution >= 4 is 11.8 Å². The van der Waals surface area contributed by atoms with Crippen LogP contribution in [0.1, 0.15) is 12.8 Å². The van der Waals surface area contributed by atoms with Crippen LogP contribution in [0.3, 0.4) is 0 Å². The summed E-state index contributed by atoms with van der Waals surface area (Å²) in [6.45, 7) is -1.20. The van der Waals surface area contributed by atoms with Crippen molar-refractivity contribution in [3.05, 3.63) is 12.0 Å². The zero-order chi connectivity index (χ0) is 13.3. The molecule has 0 unspecified atom stereocenters. The largest absolute Gasteiger partial charge is 0.405 e. The summed E-state index contributed by atoms with van der Waals surface area (Å²) in [5.41, 5.74) is 0. The molecule has 1 saturated carbocycles. The molecule has 18 heavy (non-hydrogen) atoms. The highest BCUT2D eigenvalue weighted by Crippen LogP contribution is 2.34. The zero-order valence-corrected chi connectivity index (χ0v) is 9.63. The van der Waals surface area contributed by atoms with Crippen LogP contribution in [0.2, 0.25) is 0 Å². The van der Waals surface area contributed by atoms with Gasteiger partial charge in [0.15, 0.2) is 11.6 Å². The predicted octanol–water partition coefficient (Wildman–Crippen LogP) is 2.19. The zero-order valence-electron chi connectivity index (χ0n) is 9.63. The highest BCUT2D eigenvalue weighted by atomic mass is 19.4. The average molecular weight is 264 g/mol. The molecule has 1 aliphatic carbocycles. The van der Waals surface area contributed by atoms with Gasteiger partial charge in [-0.1, -0.05) is 0 Å². The van der Waals surface area contributed by atoms with Crippen LogP contribution >= 0.6 is 0 Å². The molecule has 0 aromatic carbocycles. The number of anilines is 2. The third kappa shape index (κ3) is 2.99. The van der Waals surface area contributed by atoms with E-state index in [0.29, 0.717) is 12.8 Å². The van der Waals surface area contributed by atoms with Crippen molar-refractivity contribution in [2.45, 2.75) is 25.1 Å². The van der Waals surface area contributed by atoms with Crippen molar-refractivity contribution < 1.29 is 17.6 Å². The Morgan fingerprint density at radius 2 is 2.11 bits per heavy atom. The topological polar surface area (TPSA) is 41.1 Å². The Hall–Kier alpha value is -1.60. The van der Waals surface area contributed by atoms with Crippen molar-refractivity contribution in [1.29, 1.82) is 0 Å². The van der Waals surface area contributed by atoms with Crippen LogP contribution in [0.15, 0.2) is 6.20 Å². The second-order valence-corrected chi connectivity index (χ2v) is 4.09. The lowest BCUT2D eigenvalue weighted by Gasteiger charge is -2.25. The molecule has 0 atom stereocenters. The van der Waals surface area contributed by atoms with Gasteiger partial charge < -0.3 is 10.2 Å². The number of aromatic nitrogens is 2. The molecule has 1 aromatic rings. The summed E-state index contributed by atoms with van der Waals surface area (Å²) in [5.74, 6) is -1.04. The number of nitrogens with one attached hydrogen (secondary N) is 1. The maximum absolute atomic E-state index is 13.6. The average Bonchev–Trinajstić information content (AvgIpc) is 3.09. The molecule has 1 aromatic heterocycles. The van der Waals surface area contributed by atoms with E-state index in [1.165, 1.54) is 7.05 Å². The first-order valence-corrected chi connectivity index (χ1v) is 5.44. The molecule has 0 aliphatic heterocycles. The van der Waals surface area contributed by atoms with Crippen LogP contribution < -0.4 is 10.2 Å². The molecule has 0 radical (unpaired) electrons. The molecular weight excluding hydrogens is 252 g/mol. The predicted molar refractivity (Wildman–Crippen MR) is 58.0 cm³/mol. The van der Waals surface area contributed by atoms with E-state index in [4.69, 9.17) is 0 Å². The summed E-state index contributed by atoms with van der Waals surface area (Å²) in [6, 6.07) is -0.291. The highest BCUT2D eigenvalue weighted by Gasteiger charge is 2.40. The smallest absolute Gasteiger partial charge is 0.357 e. The SMILES string of the molecule is CNc1ncc(F)c(N(CC(F)(F)F)C2CC2)n1. The minimum absolute atomic E-state index is 0.0965. The molecule has 1 fully saturated rings. The van der Waals surface area contributed by atoms with Crippen molar-refractivity contribution in [3.8, 4) is 0 Å². The summed E-state index contributed by atoms with van der Waals surface area (Å²) in [7, 11) is 1.52. The van der Waals surface area contributed by atoms with Gasteiger partial charge in [0.2, 0.25) is 5.95 Å². The van der Waals surface area contributed by atoms with Crippen LogP contribution in [0.25, 0.3) is 0 Å². The molecule has 1 N–H and O–H groups in total. The van der Waals surface area contributed by atoms with Gasteiger partial charge in [0, 0.05) is 13.1 Å². The summed E-state index contributed by atoms with van der Waals surface area (Å²) in [4.78, 5) is 8.33. The van der Waals surface area contributed by atoms with Gasteiger partial charge in [0.25, 0.3) is 0 Å². The molecular formula is C10H12F4N4. The van der Waals surface area contributed by atoms with Crippen LogP contribution in [0.4, 0.5) is 29.3 Å². The van der Waals surface area contributed by atoms with E-state index in [2.05, 4.69) is 15.3 Å². The first kappa shape index (κ1) is 12.8. The van der Waals surface area contributed by atoms with Gasteiger partial charge in [-0.25, -0.2) is 9.37 Å². The second-order valence-electron chi connectivity index (χ2n) is 4.09. The van der Waals surface area contributed by atoms with E-state index in [1.807, 2.05) is 0 Å².